The smallest absolute Gasteiger partial charge is 0.130 e. The third-order valence-electron chi connectivity index (χ3n) is 6.18. The summed E-state index contributed by atoms with van der Waals surface area (Å²) in [6, 6.07) is 2.28. The summed E-state index contributed by atoms with van der Waals surface area (Å²) in [4.78, 5) is 0. The molecule has 0 amide bonds. The Morgan fingerprint density at radius 3 is 2.12 bits per heavy atom. The van der Waals surface area contributed by atoms with E-state index >= 15 is 0 Å². The first-order valence-corrected chi connectivity index (χ1v) is 9.56. The molecular weight excluding hydrogens is 320 g/mol. The summed E-state index contributed by atoms with van der Waals surface area (Å²) in [6.07, 6.45) is 2.11. The molecule has 2 nitrogen and oxygen atoms in total. The van der Waals surface area contributed by atoms with Crippen LogP contribution in [0.4, 0.5) is 0 Å². The van der Waals surface area contributed by atoms with E-state index in [0.29, 0.717) is 0 Å². The minimum atomic E-state index is -0.0911. The van der Waals surface area contributed by atoms with E-state index in [4.69, 9.17) is 9.47 Å². The number of benzene rings is 2. The van der Waals surface area contributed by atoms with E-state index < -0.39 is 0 Å². The van der Waals surface area contributed by atoms with Crippen molar-refractivity contribution in [3.63, 3.8) is 0 Å². The van der Waals surface area contributed by atoms with Crippen molar-refractivity contribution in [1.29, 1.82) is 0 Å². The number of hydrogen-bond acceptors (Lipinski definition) is 2. The summed E-state index contributed by atoms with van der Waals surface area (Å²) >= 11 is 0. The molecule has 0 unspecified atom stereocenters. The quantitative estimate of drug-likeness (QED) is 0.630. The normalized spacial score (nSPS) is 15.4. The number of ether oxygens (including phenoxy) is 2. The molecule has 0 fully saturated rings. The molecule has 0 spiro atoms. The summed E-state index contributed by atoms with van der Waals surface area (Å²) in [5.41, 5.74) is 11.5. The maximum absolute atomic E-state index is 6.40. The van der Waals surface area contributed by atoms with Gasteiger partial charge >= 0.3 is 0 Å². The van der Waals surface area contributed by atoms with Crippen LogP contribution >= 0.6 is 0 Å². The molecule has 1 aliphatic heterocycles. The highest BCUT2D eigenvalue weighted by Gasteiger charge is 2.31. The van der Waals surface area contributed by atoms with Crippen LogP contribution < -0.4 is 9.47 Å². The fraction of sp³-hybridized carbons (Fsp3) is 0.500. The van der Waals surface area contributed by atoms with Gasteiger partial charge in [0.05, 0.1) is 7.11 Å². The highest BCUT2D eigenvalue weighted by atomic mass is 16.5. The Balaban J connectivity index is 2.36. The Morgan fingerprint density at radius 2 is 1.50 bits per heavy atom. The maximum atomic E-state index is 6.40. The van der Waals surface area contributed by atoms with Gasteiger partial charge in [-0.1, -0.05) is 6.07 Å². The number of hydrogen-bond donors (Lipinski definition) is 0. The number of aryl methyl sites for hydroxylation is 2. The number of methoxy groups -OCH3 is 1. The third kappa shape index (κ3) is 2.80. The summed E-state index contributed by atoms with van der Waals surface area (Å²) in [5.74, 6) is 2.10. The Bertz CT molecular complexity index is 888. The lowest BCUT2D eigenvalue weighted by Gasteiger charge is -2.36. The van der Waals surface area contributed by atoms with Gasteiger partial charge in [-0.15, -0.1) is 0 Å². The second-order valence-corrected chi connectivity index (χ2v) is 8.46. The molecule has 3 rings (SSSR count). The van der Waals surface area contributed by atoms with Crippen molar-refractivity contribution in [1.82, 2.24) is 0 Å². The Hall–Kier alpha value is -1.96. The van der Waals surface area contributed by atoms with E-state index in [1.54, 1.807) is 7.11 Å². The average molecular weight is 353 g/mol. The molecule has 2 heteroatoms. The molecule has 140 valence electrons. The molecule has 0 bridgehead atoms. The zero-order chi connectivity index (χ0) is 19.4. The zero-order valence-electron chi connectivity index (χ0n) is 17.8. The van der Waals surface area contributed by atoms with Crippen molar-refractivity contribution in [2.75, 3.05) is 7.11 Å². The monoisotopic (exact) mass is 352 g/mol. The van der Waals surface area contributed by atoms with Crippen molar-refractivity contribution in [2.45, 2.75) is 73.8 Å². The van der Waals surface area contributed by atoms with Crippen molar-refractivity contribution in [3.8, 4) is 22.6 Å². The first-order chi connectivity index (χ1) is 12.1. The summed E-state index contributed by atoms with van der Waals surface area (Å²) in [5, 5.41) is 0. The van der Waals surface area contributed by atoms with Crippen molar-refractivity contribution in [2.24, 2.45) is 0 Å². The van der Waals surface area contributed by atoms with Gasteiger partial charge in [-0.2, -0.15) is 0 Å². The Morgan fingerprint density at radius 1 is 0.846 bits per heavy atom. The minimum absolute atomic E-state index is 0.0911. The Labute approximate surface area is 158 Å². The predicted molar refractivity (Wildman–Crippen MR) is 110 cm³/mol. The highest BCUT2D eigenvalue weighted by molar-refractivity contribution is 5.83. The maximum Gasteiger partial charge on any atom is 0.130 e. The van der Waals surface area contributed by atoms with Crippen LogP contribution in [-0.4, -0.2) is 12.7 Å². The molecule has 1 heterocycles. The molecule has 0 atom stereocenters. The molecule has 2 aromatic rings. The van der Waals surface area contributed by atoms with Gasteiger partial charge in [0.25, 0.3) is 0 Å². The molecule has 0 radical (unpaired) electrons. The van der Waals surface area contributed by atoms with Crippen LogP contribution in [0.5, 0.6) is 11.5 Å². The fourth-order valence-electron chi connectivity index (χ4n) is 4.37. The fourth-order valence-corrected chi connectivity index (χ4v) is 4.37. The van der Waals surface area contributed by atoms with Gasteiger partial charge < -0.3 is 9.47 Å². The topological polar surface area (TPSA) is 18.5 Å². The lowest BCUT2D eigenvalue weighted by molar-refractivity contribution is 0.0834. The van der Waals surface area contributed by atoms with Crippen LogP contribution in [0.1, 0.15) is 59.2 Å². The molecular formula is C24H32O2. The molecule has 1 aliphatic rings. The first-order valence-electron chi connectivity index (χ1n) is 9.56. The largest absolute Gasteiger partial charge is 0.496 e. The molecule has 0 saturated heterocycles. The van der Waals surface area contributed by atoms with Crippen LogP contribution in [0.15, 0.2) is 6.07 Å². The summed E-state index contributed by atoms with van der Waals surface area (Å²) in [6.45, 7) is 17.5. The van der Waals surface area contributed by atoms with Crippen LogP contribution in [0.2, 0.25) is 0 Å². The number of rotatable bonds is 2. The van der Waals surface area contributed by atoms with Gasteiger partial charge in [0.15, 0.2) is 0 Å². The van der Waals surface area contributed by atoms with Crippen molar-refractivity contribution >= 4 is 0 Å². The van der Waals surface area contributed by atoms with Crippen LogP contribution in [0.3, 0.4) is 0 Å². The van der Waals surface area contributed by atoms with Crippen LogP contribution in [-0.2, 0) is 6.42 Å². The highest BCUT2D eigenvalue weighted by Crippen LogP contribution is 2.47. The lowest BCUT2D eigenvalue weighted by atomic mass is 9.81. The number of fused-ring (bicyclic) bond motifs is 1. The molecule has 0 saturated carbocycles. The predicted octanol–water partition coefficient (Wildman–Crippen LogP) is 6.32. The van der Waals surface area contributed by atoms with E-state index in [9.17, 15) is 0 Å². The Kier molecular flexibility index (Phi) is 4.58. The molecule has 0 aliphatic carbocycles. The molecule has 0 aromatic heterocycles. The minimum Gasteiger partial charge on any atom is -0.496 e. The van der Waals surface area contributed by atoms with Gasteiger partial charge in [0.1, 0.15) is 17.1 Å². The second kappa shape index (κ2) is 6.33. The van der Waals surface area contributed by atoms with E-state index in [-0.39, 0.29) is 5.60 Å². The van der Waals surface area contributed by atoms with E-state index in [1.807, 2.05) is 0 Å². The van der Waals surface area contributed by atoms with E-state index in [2.05, 4.69) is 61.5 Å². The summed E-state index contributed by atoms with van der Waals surface area (Å²) in [7, 11) is 1.78. The SMILES string of the molecule is COc1c(C)c(C)cc(C)c1-c1c(C)c(C)c2c(c1C)CCC(C)(C)O2. The molecule has 0 N–H and O–H groups in total. The van der Waals surface area contributed by atoms with E-state index in [1.165, 1.54) is 50.1 Å². The zero-order valence-corrected chi connectivity index (χ0v) is 17.8. The molecule has 26 heavy (non-hydrogen) atoms. The van der Waals surface area contributed by atoms with Gasteiger partial charge in [-0.3, -0.25) is 0 Å². The van der Waals surface area contributed by atoms with Crippen LogP contribution in [0, 0.1) is 41.5 Å². The molecule has 2 aromatic carbocycles. The van der Waals surface area contributed by atoms with Gasteiger partial charge in [-0.05, 0) is 113 Å². The van der Waals surface area contributed by atoms with Crippen molar-refractivity contribution < 1.29 is 9.47 Å². The van der Waals surface area contributed by atoms with Crippen LogP contribution in [0.25, 0.3) is 11.1 Å². The van der Waals surface area contributed by atoms with E-state index in [0.717, 1.165) is 24.3 Å². The average Bonchev–Trinajstić information content (AvgIpc) is 2.56. The first kappa shape index (κ1) is 18.8. The van der Waals surface area contributed by atoms with Gasteiger partial charge in [-0.25, -0.2) is 0 Å². The second-order valence-electron chi connectivity index (χ2n) is 8.46. The van der Waals surface area contributed by atoms with Crippen molar-refractivity contribution in [3.05, 3.63) is 45.0 Å². The third-order valence-corrected chi connectivity index (χ3v) is 6.18. The summed E-state index contributed by atoms with van der Waals surface area (Å²) < 4.78 is 12.3. The van der Waals surface area contributed by atoms with Gasteiger partial charge in [0.2, 0.25) is 0 Å². The van der Waals surface area contributed by atoms with Gasteiger partial charge in [0, 0.05) is 5.56 Å². The lowest BCUT2D eigenvalue weighted by Crippen LogP contribution is -2.33. The standard InChI is InChI=1S/C24H32O2/c1-13-12-14(2)20(23(25-9)15(13)3)21-16(4)17(5)22-19(18(21)6)10-11-24(7,8)26-22/h12H,10-11H2,1-9H3.